The number of pyridine rings is 1. The second-order valence-electron chi connectivity index (χ2n) is 6.13. The molecule has 3 rings (SSSR count). The third-order valence-electron chi connectivity index (χ3n) is 3.85. The molecule has 0 aromatic carbocycles. The minimum Gasteiger partial charge on any atom is -0.365 e. The first-order valence-electron chi connectivity index (χ1n) is 6.63. The highest BCUT2D eigenvalue weighted by Crippen LogP contribution is 2.26. The minimum absolute atomic E-state index is 0.272. The zero-order valence-electron chi connectivity index (χ0n) is 11.4. The van der Waals surface area contributed by atoms with Gasteiger partial charge in [-0.25, -0.2) is 0 Å². The lowest BCUT2D eigenvalue weighted by Crippen LogP contribution is -2.64. The van der Waals surface area contributed by atoms with Crippen LogP contribution in [0.1, 0.15) is 5.56 Å². The van der Waals surface area contributed by atoms with E-state index in [0.29, 0.717) is 5.56 Å². The summed E-state index contributed by atoms with van der Waals surface area (Å²) in [4.78, 5) is 6.44. The predicted molar refractivity (Wildman–Crippen MR) is 71.7 cm³/mol. The molecule has 5 nitrogen and oxygen atoms in total. The van der Waals surface area contributed by atoms with Gasteiger partial charge < -0.3 is 14.1 Å². The zero-order chi connectivity index (χ0) is 13.5. The van der Waals surface area contributed by atoms with Crippen molar-refractivity contribution in [3.63, 3.8) is 0 Å². The smallest absolute Gasteiger partial charge is 0.124 e. The Bertz CT molecular complexity index is 506. The number of ether oxygens (including phenoxy) is 1. The van der Waals surface area contributed by atoms with E-state index in [4.69, 9.17) is 10.00 Å². The van der Waals surface area contributed by atoms with Gasteiger partial charge in [0.2, 0.25) is 0 Å². The van der Waals surface area contributed by atoms with Gasteiger partial charge in [0, 0.05) is 19.3 Å². The third-order valence-corrected chi connectivity index (χ3v) is 3.85. The van der Waals surface area contributed by atoms with Crippen molar-refractivity contribution >= 4 is 5.69 Å². The molecule has 1 aromatic heterocycles. The van der Waals surface area contributed by atoms with E-state index in [2.05, 4.69) is 30.0 Å². The van der Waals surface area contributed by atoms with Crippen molar-refractivity contribution in [1.29, 1.82) is 5.26 Å². The molecule has 19 heavy (non-hydrogen) atoms. The SMILES string of the molecule is C[N+]1(C)CC2CN(c3cncc(C#N)c3)CC(C1)O2. The number of nitrogens with zero attached hydrogens (tertiary/aromatic N) is 4. The van der Waals surface area contributed by atoms with Gasteiger partial charge in [-0.1, -0.05) is 0 Å². The number of likely N-dealkylation sites (N-methyl/N-ethyl adjacent to an activating group) is 1. The molecule has 2 unspecified atom stereocenters. The number of quaternary nitrogens is 1. The first-order valence-corrected chi connectivity index (χ1v) is 6.63. The van der Waals surface area contributed by atoms with Gasteiger partial charge in [0.15, 0.2) is 0 Å². The number of anilines is 1. The number of fused-ring (bicyclic) bond motifs is 2. The summed E-state index contributed by atoms with van der Waals surface area (Å²) in [5, 5.41) is 8.95. The molecule has 2 bridgehead atoms. The Morgan fingerprint density at radius 3 is 2.63 bits per heavy atom. The molecule has 3 heterocycles. The first-order chi connectivity index (χ1) is 9.05. The lowest BCUT2D eigenvalue weighted by molar-refractivity contribution is -0.905. The van der Waals surface area contributed by atoms with Crippen molar-refractivity contribution in [2.75, 3.05) is 45.2 Å². The second-order valence-corrected chi connectivity index (χ2v) is 6.13. The molecule has 0 aliphatic carbocycles. The van der Waals surface area contributed by atoms with Crippen molar-refractivity contribution in [3.05, 3.63) is 24.0 Å². The molecule has 5 heteroatoms. The van der Waals surface area contributed by atoms with E-state index in [1.54, 1.807) is 6.20 Å². The summed E-state index contributed by atoms with van der Waals surface area (Å²) in [7, 11) is 4.52. The summed E-state index contributed by atoms with van der Waals surface area (Å²) in [5.41, 5.74) is 1.65. The number of hydrogen-bond donors (Lipinski definition) is 0. The lowest BCUT2D eigenvalue weighted by atomic mass is 10.1. The van der Waals surface area contributed by atoms with Crippen molar-refractivity contribution in [2.24, 2.45) is 0 Å². The summed E-state index contributed by atoms with van der Waals surface area (Å²) in [6, 6.07) is 4.06. The Balaban J connectivity index is 1.80. The van der Waals surface area contributed by atoms with Gasteiger partial charge in [0.05, 0.1) is 31.5 Å². The van der Waals surface area contributed by atoms with Gasteiger partial charge in [0.25, 0.3) is 0 Å². The van der Waals surface area contributed by atoms with E-state index < -0.39 is 0 Å². The fourth-order valence-electron chi connectivity index (χ4n) is 3.18. The van der Waals surface area contributed by atoms with Crippen LogP contribution in [0, 0.1) is 11.3 Å². The fraction of sp³-hybridized carbons (Fsp3) is 0.571. The predicted octanol–water partition coefficient (Wildman–Crippen LogP) is 0.617. The molecule has 2 saturated heterocycles. The molecular formula is C14H19N4O+. The summed E-state index contributed by atoms with van der Waals surface area (Å²) in [6.07, 6.45) is 3.98. The highest BCUT2D eigenvalue weighted by Gasteiger charge is 2.40. The van der Waals surface area contributed by atoms with Gasteiger partial charge in [-0.05, 0) is 6.07 Å². The summed E-state index contributed by atoms with van der Waals surface area (Å²) in [6.45, 7) is 3.85. The van der Waals surface area contributed by atoms with Crippen LogP contribution in [0.5, 0.6) is 0 Å². The average molecular weight is 259 g/mol. The molecule has 2 aliphatic rings. The maximum absolute atomic E-state index is 8.95. The summed E-state index contributed by atoms with van der Waals surface area (Å²) < 4.78 is 7.05. The molecule has 2 fully saturated rings. The van der Waals surface area contributed by atoms with Gasteiger partial charge >= 0.3 is 0 Å². The Kier molecular flexibility index (Phi) is 2.92. The van der Waals surface area contributed by atoms with E-state index in [0.717, 1.165) is 36.3 Å². The van der Waals surface area contributed by atoms with Crippen LogP contribution in [0.4, 0.5) is 5.69 Å². The van der Waals surface area contributed by atoms with Crippen LogP contribution < -0.4 is 4.90 Å². The highest BCUT2D eigenvalue weighted by molar-refractivity contribution is 5.49. The Morgan fingerprint density at radius 2 is 2.00 bits per heavy atom. The molecule has 0 amide bonds. The number of rotatable bonds is 1. The van der Waals surface area contributed by atoms with Crippen LogP contribution in [-0.2, 0) is 4.74 Å². The number of nitriles is 1. The fourth-order valence-corrected chi connectivity index (χ4v) is 3.18. The van der Waals surface area contributed by atoms with E-state index in [-0.39, 0.29) is 12.2 Å². The van der Waals surface area contributed by atoms with Crippen LogP contribution in [0.15, 0.2) is 18.5 Å². The van der Waals surface area contributed by atoms with Crippen molar-refractivity contribution in [2.45, 2.75) is 12.2 Å². The monoisotopic (exact) mass is 259 g/mol. The minimum atomic E-state index is 0.272. The number of aromatic nitrogens is 1. The number of hydrogen-bond acceptors (Lipinski definition) is 4. The van der Waals surface area contributed by atoms with Gasteiger partial charge in [-0.15, -0.1) is 0 Å². The van der Waals surface area contributed by atoms with E-state index >= 15 is 0 Å². The summed E-state index contributed by atoms with van der Waals surface area (Å²) >= 11 is 0. The highest BCUT2D eigenvalue weighted by atomic mass is 16.5. The third kappa shape index (κ3) is 2.55. The summed E-state index contributed by atoms with van der Waals surface area (Å²) in [5.74, 6) is 0. The zero-order valence-corrected chi connectivity index (χ0v) is 11.4. The van der Waals surface area contributed by atoms with Gasteiger partial charge in [-0.3, -0.25) is 4.98 Å². The van der Waals surface area contributed by atoms with E-state index in [1.165, 1.54) is 0 Å². The molecule has 0 radical (unpaired) electrons. The normalized spacial score (nSPS) is 28.8. The van der Waals surface area contributed by atoms with Crippen molar-refractivity contribution in [1.82, 2.24) is 4.98 Å². The standard InChI is InChI=1S/C14H19N4O/c1-18(2)9-13-7-17(8-14(10-18)19-13)12-3-11(4-15)5-16-6-12/h3,5-6,13-14H,7-10H2,1-2H3/q+1. The maximum atomic E-state index is 8.95. The first kappa shape index (κ1) is 12.4. The molecule has 2 atom stereocenters. The second kappa shape index (κ2) is 4.48. The average Bonchev–Trinajstić information content (AvgIpc) is 2.36. The molecule has 100 valence electrons. The van der Waals surface area contributed by atoms with Crippen LogP contribution in [-0.4, -0.2) is 61.9 Å². The van der Waals surface area contributed by atoms with Gasteiger partial charge in [0.1, 0.15) is 31.4 Å². The van der Waals surface area contributed by atoms with E-state index in [1.807, 2.05) is 12.3 Å². The van der Waals surface area contributed by atoms with E-state index in [9.17, 15) is 0 Å². The molecular weight excluding hydrogens is 240 g/mol. The number of morpholine rings is 2. The maximum Gasteiger partial charge on any atom is 0.124 e. The molecule has 0 N–H and O–H groups in total. The van der Waals surface area contributed by atoms with Crippen molar-refractivity contribution < 1.29 is 9.22 Å². The Morgan fingerprint density at radius 1 is 1.32 bits per heavy atom. The van der Waals surface area contributed by atoms with Crippen LogP contribution in [0.2, 0.25) is 0 Å². The topological polar surface area (TPSA) is 49.2 Å². The van der Waals surface area contributed by atoms with Gasteiger partial charge in [-0.2, -0.15) is 5.26 Å². The molecule has 0 spiro atoms. The Hall–Kier alpha value is -1.64. The van der Waals surface area contributed by atoms with Crippen molar-refractivity contribution in [3.8, 4) is 6.07 Å². The van der Waals surface area contributed by atoms with Crippen LogP contribution in [0.3, 0.4) is 0 Å². The largest absolute Gasteiger partial charge is 0.365 e. The lowest BCUT2D eigenvalue weighted by Gasteiger charge is -2.48. The molecule has 2 aliphatic heterocycles. The molecule has 1 aromatic rings. The van der Waals surface area contributed by atoms with Crippen LogP contribution in [0.25, 0.3) is 0 Å². The molecule has 0 saturated carbocycles. The quantitative estimate of drug-likeness (QED) is 0.694. The Labute approximate surface area is 113 Å². The van der Waals surface area contributed by atoms with Crippen LogP contribution >= 0.6 is 0 Å².